The molecule has 0 radical (unpaired) electrons. The molecule has 4 nitrogen and oxygen atoms in total. The van der Waals surface area contributed by atoms with Crippen LogP contribution in [-0.2, 0) is 14.3 Å². The van der Waals surface area contributed by atoms with E-state index in [1.54, 1.807) is 20.8 Å². The third-order valence-electron chi connectivity index (χ3n) is 1.67. The average Bonchev–Trinajstić information content (AvgIpc) is 2.12. The van der Waals surface area contributed by atoms with E-state index in [0.717, 1.165) is 6.42 Å². The van der Waals surface area contributed by atoms with Crippen LogP contribution in [0.1, 0.15) is 34.1 Å². The van der Waals surface area contributed by atoms with Crippen LogP contribution in [0.3, 0.4) is 0 Å². The molecule has 0 saturated heterocycles. The van der Waals surface area contributed by atoms with Gasteiger partial charge in [0.05, 0.1) is 6.61 Å². The SMILES string of the molecule is C=C(OCCC)C(=O)OC(O)C(C)(C)C. The molecule has 0 bridgehead atoms. The van der Waals surface area contributed by atoms with Gasteiger partial charge in [0.15, 0.2) is 5.76 Å². The molecular formula is C11H20O4. The second-order valence-electron chi connectivity index (χ2n) is 4.40. The summed E-state index contributed by atoms with van der Waals surface area (Å²) in [5.41, 5.74) is -0.513. The number of carbonyl (C=O) groups is 1. The van der Waals surface area contributed by atoms with Crippen LogP contribution in [0.5, 0.6) is 0 Å². The minimum atomic E-state index is -1.16. The molecule has 0 heterocycles. The molecule has 0 aliphatic rings. The number of hydrogen-bond donors (Lipinski definition) is 1. The maximum atomic E-state index is 11.3. The molecule has 0 amide bonds. The molecule has 0 aliphatic heterocycles. The van der Waals surface area contributed by atoms with Crippen LogP contribution in [0.4, 0.5) is 0 Å². The topological polar surface area (TPSA) is 55.8 Å². The van der Waals surface area contributed by atoms with E-state index in [4.69, 9.17) is 9.47 Å². The smallest absolute Gasteiger partial charge is 0.375 e. The van der Waals surface area contributed by atoms with Gasteiger partial charge in [0.2, 0.25) is 6.29 Å². The molecule has 0 rings (SSSR count). The highest BCUT2D eigenvalue weighted by Crippen LogP contribution is 2.20. The lowest BCUT2D eigenvalue weighted by Crippen LogP contribution is -2.31. The summed E-state index contributed by atoms with van der Waals surface area (Å²) >= 11 is 0. The van der Waals surface area contributed by atoms with Crippen molar-refractivity contribution in [3.63, 3.8) is 0 Å². The average molecular weight is 216 g/mol. The van der Waals surface area contributed by atoms with Crippen molar-refractivity contribution in [3.8, 4) is 0 Å². The van der Waals surface area contributed by atoms with Crippen molar-refractivity contribution in [2.75, 3.05) is 6.61 Å². The Hall–Kier alpha value is -1.03. The fraction of sp³-hybridized carbons (Fsp3) is 0.727. The lowest BCUT2D eigenvalue weighted by atomic mass is 9.96. The third kappa shape index (κ3) is 5.42. The maximum absolute atomic E-state index is 11.3. The van der Waals surface area contributed by atoms with Gasteiger partial charge in [-0.05, 0) is 13.0 Å². The molecular weight excluding hydrogens is 196 g/mol. The normalized spacial score (nSPS) is 13.1. The fourth-order valence-corrected chi connectivity index (χ4v) is 0.628. The lowest BCUT2D eigenvalue weighted by molar-refractivity contribution is -0.185. The maximum Gasteiger partial charge on any atom is 0.375 e. The molecule has 0 spiro atoms. The van der Waals surface area contributed by atoms with E-state index in [1.807, 2.05) is 6.92 Å². The highest BCUT2D eigenvalue weighted by molar-refractivity contribution is 5.85. The lowest BCUT2D eigenvalue weighted by Gasteiger charge is -2.25. The Bertz CT molecular complexity index is 227. The molecule has 4 heteroatoms. The van der Waals surface area contributed by atoms with Gasteiger partial charge in [-0.3, -0.25) is 0 Å². The first-order valence-electron chi connectivity index (χ1n) is 4.99. The molecule has 1 atom stereocenters. The van der Waals surface area contributed by atoms with Gasteiger partial charge in [-0.15, -0.1) is 0 Å². The summed E-state index contributed by atoms with van der Waals surface area (Å²) in [6, 6.07) is 0. The van der Waals surface area contributed by atoms with Crippen LogP contribution in [0.15, 0.2) is 12.3 Å². The first-order valence-corrected chi connectivity index (χ1v) is 4.99. The van der Waals surface area contributed by atoms with Gasteiger partial charge in [-0.2, -0.15) is 0 Å². The Kier molecular flexibility index (Phi) is 5.36. The zero-order chi connectivity index (χ0) is 12.1. The standard InChI is InChI=1S/C11H20O4/c1-6-7-14-8(2)9(12)15-10(13)11(3,4)5/h10,13H,2,6-7H2,1,3-5H3. The minimum Gasteiger partial charge on any atom is -0.487 e. The third-order valence-corrected chi connectivity index (χ3v) is 1.67. The first kappa shape index (κ1) is 14.0. The monoisotopic (exact) mass is 216 g/mol. The van der Waals surface area contributed by atoms with Crippen LogP contribution in [0.25, 0.3) is 0 Å². The number of carbonyl (C=O) groups excluding carboxylic acids is 1. The number of esters is 1. The molecule has 0 aromatic carbocycles. The second kappa shape index (κ2) is 5.75. The van der Waals surface area contributed by atoms with Gasteiger partial charge in [-0.1, -0.05) is 27.7 Å². The summed E-state index contributed by atoms with van der Waals surface area (Å²) in [6.07, 6.45) is -0.374. The predicted octanol–water partition coefficient (Wildman–Crippen LogP) is 1.83. The highest BCUT2D eigenvalue weighted by atomic mass is 16.6. The Morgan fingerprint density at radius 2 is 2.00 bits per heavy atom. The number of aliphatic hydroxyl groups excluding tert-OH is 1. The first-order chi connectivity index (χ1) is 6.79. The summed E-state index contributed by atoms with van der Waals surface area (Å²) < 4.78 is 9.75. The summed E-state index contributed by atoms with van der Waals surface area (Å²) in [5, 5.41) is 9.49. The van der Waals surface area contributed by atoms with Crippen LogP contribution >= 0.6 is 0 Å². The Morgan fingerprint density at radius 1 is 1.47 bits per heavy atom. The molecule has 0 aromatic heterocycles. The van der Waals surface area contributed by atoms with E-state index in [9.17, 15) is 9.90 Å². The Balaban J connectivity index is 4.08. The van der Waals surface area contributed by atoms with Crippen molar-refractivity contribution < 1.29 is 19.4 Å². The molecule has 0 aliphatic carbocycles. The number of ether oxygens (including phenoxy) is 2. The summed E-state index contributed by atoms with van der Waals surface area (Å²) in [4.78, 5) is 11.3. The van der Waals surface area contributed by atoms with Crippen molar-refractivity contribution in [1.82, 2.24) is 0 Å². The number of aliphatic hydroxyl groups is 1. The van der Waals surface area contributed by atoms with Crippen molar-refractivity contribution in [3.05, 3.63) is 12.3 Å². The van der Waals surface area contributed by atoms with Crippen LogP contribution in [-0.4, -0.2) is 24.0 Å². The highest BCUT2D eigenvalue weighted by Gasteiger charge is 2.27. The molecule has 1 N–H and O–H groups in total. The van der Waals surface area contributed by atoms with Crippen molar-refractivity contribution >= 4 is 5.97 Å². The van der Waals surface area contributed by atoms with Gasteiger partial charge in [-0.25, -0.2) is 4.79 Å². The van der Waals surface area contributed by atoms with Gasteiger partial charge in [0.25, 0.3) is 0 Å². The Morgan fingerprint density at radius 3 is 2.40 bits per heavy atom. The quantitative estimate of drug-likeness (QED) is 0.330. The summed E-state index contributed by atoms with van der Waals surface area (Å²) in [6.45, 7) is 11.0. The van der Waals surface area contributed by atoms with Crippen molar-refractivity contribution in [1.29, 1.82) is 0 Å². The van der Waals surface area contributed by atoms with Crippen molar-refractivity contribution in [2.45, 2.75) is 40.4 Å². The van der Waals surface area contributed by atoms with Crippen LogP contribution in [0.2, 0.25) is 0 Å². The zero-order valence-electron chi connectivity index (χ0n) is 9.87. The largest absolute Gasteiger partial charge is 0.487 e. The number of rotatable bonds is 5. The zero-order valence-corrected chi connectivity index (χ0v) is 9.87. The van der Waals surface area contributed by atoms with Crippen molar-refractivity contribution in [2.24, 2.45) is 5.41 Å². The molecule has 1 unspecified atom stereocenters. The molecule has 0 aromatic rings. The van der Waals surface area contributed by atoms with Gasteiger partial charge >= 0.3 is 5.97 Å². The van der Waals surface area contributed by atoms with Gasteiger partial charge in [0.1, 0.15) is 0 Å². The molecule has 0 saturated carbocycles. The second-order valence-corrected chi connectivity index (χ2v) is 4.40. The molecule has 15 heavy (non-hydrogen) atoms. The van der Waals surface area contributed by atoms with E-state index in [2.05, 4.69) is 6.58 Å². The molecule has 88 valence electrons. The number of hydrogen-bond acceptors (Lipinski definition) is 4. The van der Waals surface area contributed by atoms with E-state index >= 15 is 0 Å². The predicted molar refractivity (Wildman–Crippen MR) is 56.9 cm³/mol. The van der Waals surface area contributed by atoms with Crippen LogP contribution in [0, 0.1) is 5.41 Å². The Labute approximate surface area is 90.9 Å². The fourth-order valence-electron chi connectivity index (χ4n) is 0.628. The van der Waals surface area contributed by atoms with E-state index in [-0.39, 0.29) is 5.76 Å². The van der Waals surface area contributed by atoms with E-state index < -0.39 is 17.7 Å². The molecule has 0 fully saturated rings. The van der Waals surface area contributed by atoms with E-state index in [0.29, 0.717) is 6.61 Å². The summed E-state index contributed by atoms with van der Waals surface area (Å²) in [5.74, 6) is -0.786. The van der Waals surface area contributed by atoms with E-state index in [1.165, 1.54) is 0 Å². The minimum absolute atomic E-state index is 0.0693. The summed E-state index contributed by atoms with van der Waals surface area (Å²) in [7, 11) is 0. The van der Waals surface area contributed by atoms with Gasteiger partial charge < -0.3 is 14.6 Å². The van der Waals surface area contributed by atoms with Crippen LogP contribution < -0.4 is 0 Å². The van der Waals surface area contributed by atoms with Gasteiger partial charge in [0, 0.05) is 5.41 Å².